The molecular formula is C20H30N2O3. The summed E-state index contributed by atoms with van der Waals surface area (Å²) in [6.45, 7) is 4.99. The zero-order valence-electron chi connectivity index (χ0n) is 15.0. The van der Waals surface area contributed by atoms with Crippen molar-refractivity contribution in [3.8, 4) is 0 Å². The second-order valence-corrected chi connectivity index (χ2v) is 7.22. The van der Waals surface area contributed by atoms with Crippen molar-refractivity contribution >= 4 is 5.91 Å². The molecule has 1 amide bonds. The van der Waals surface area contributed by atoms with Crippen molar-refractivity contribution in [3.63, 3.8) is 0 Å². The first-order valence-corrected chi connectivity index (χ1v) is 9.56. The van der Waals surface area contributed by atoms with Gasteiger partial charge in [-0.3, -0.25) is 9.69 Å². The van der Waals surface area contributed by atoms with Crippen LogP contribution in [-0.2, 0) is 22.6 Å². The number of likely N-dealkylation sites (tertiary alicyclic amines) is 1. The van der Waals surface area contributed by atoms with Crippen LogP contribution in [0.2, 0.25) is 0 Å². The normalized spacial score (nSPS) is 21.0. The molecule has 5 nitrogen and oxygen atoms in total. The quantitative estimate of drug-likeness (QED) is 0.828. The van der Waals surface area contributed by atoms with Crippen LogP contribution in [0.4, 0.5) is 0 Å². The zero-order valence-corrected chi connectivity index (χ0v) is 15.0. The predicted molar refractivity (Wildman–Crippen MR) is 97.0 cm³/mol. The van der Waals surface area contributed by atoms with Gasteiger partial charge in [0.05, 0.1) is 0 Å². The molecule has 3 rings (SSSR count). The van der Waals surface area contributed by atoms with Gasteiger partial charge in [0.25, 0.3) is 0 Å². The molecule has 2 aliphatic rings. The van der Waals surface area contributed by atoms with Crippen molar-refractivity contribution in [1.82, 2.24) is 10.2 Å². The molecule has 0 radical (unpaired) electrons. The predicted octanol–water partition coefficient (Wildman–Crippen LogP) is 2.08. The zero-order chi connectivity index (χ0) is 17.5. The average Bonchev–Trinajstić information content (AvgIpc) is 2.68. The minimum absolute atomic E-state index is 0.0114. The summed E-state index contributed by atoms with van der Waals surface area (Å²) in [6.07, 6.45) is 4.45. The highest BCUT2D eigenvalue weighted by Crippen LogP contribution is 2.20. The molecule has 25 heavy (non-hydrogen) atoms. The third-order valence-electron chi connectivity index (χ3n) is 5.40. The Labute approximate surface area is 150 Å². The fourth-order valence-corrected chi connectivity index (χ4v) is 3.78. The smallest absolute Gasteiger partial charge is 0.249 e. The van der Waals surface area contributed by atoms with Gasteiger partial charge in [0.2, 0.25) is 5.91 Å². The molecule has 0 spiro atoms. The lowest BCUT2D eigenvalue weighted by atomic mass is 9.93. The molecule has 2 aliphatic heterocycles. The molecule has 0 aliphatic carbocycles. The van der Waals surface area contributed by atoms with Crippen molar-refractivity contribution in [2.45, 2.75) is 51.3 Å². The highest BCUT2D eigenvalue weighted by molar-refractivity contribution is 5.80. The first kappa shape index (κ1) is 18.4. The molecule has 1 atom stereocenters. The first-order chi connectivity index (χ1) is 12.2. The molecule has 0 aromatic heterocycles. The molecule has 138 valence electrons. The van der Waals surface area contributed by atoms with E-state index in [-0.39, 0.29) is 11.8 Å². The Morgan fingerprint density at radius 3 is 2.56 bits per heavy atom. The molecule has 2 fully saturated rings. The number of carbonyl (C=O) groups is 1. The lowest BCUT2D eigenvalue weighted by Crippen LogP contribution is -2.41. The fourth-order valence-electron chi connectivity index (χ4n) is 3.78. The third kappa shape index (κ3) is 5.27. The molecule has 2 N–H and O–H groups in total. The van der Waals surface area contributed by atoms with E-state index in [2.05, 4.69) is 28.4 Å². The van der Waals surface area contributed by atoms with Gasteiger partial charge >= 0.3 is 0 Å². The summed E-state index contributed by atoms with van der Waals surface area (Å²) in [5.74, 6) is -0.253. The van der Waals surface area contributed by atoms with Crippen molar-refractivity contribution in [2.24, 2.45) is 5.92 Å². The van der Waals surface area contributed by atoms with Crippen LogP contribution < -0.4 is 5.32 Å². The highest BCUT2D eigenvalue weighted by Gasteiger charge is 2.27. The van der Waals surface area contributed by atoms with Crippen LogP contribution in [0.5, 0.6) is 0 Å². The summed E-state index contributed by atoms with van der Waals surface area (Å²) in [6, 6.07) is 8.28. The van der Waals surface area contributed by atoms with Crippen LogP contribution in [0.1, 0.15) is 43.2 Å². The monoisotopic (exact) mass is 346 g/mol. The number of benzene rings is 1. The van der Waals surface area contributed by atoms with Gasteiger partial charge in [-0.1, -0.05) is 30.7 Å². The van der Waals surface area contributed by atoms with Crippen molar-refractivity contribution in [3.05, 3.63) is 35.4 Å². The second-order valence-electron chi connectivity index (χ2n) is 7.22. The summed E-state index contributed by atoms with van der Waals surface area (Å²) < 4.78 is 5.30. The number of ether oxygens (including phenoxy) is 1. The Morgan fingerprint density at radius 1 is 1.16 bits per heavy atom. The minimum atomic E-state index is -0.932. The van der Waals surface area contributed by atoms with Crippen LogP contribution in [-0.4, -0.2) is 48.3 Å². The van der Waals surface area contributed by atoms with E-state index in [1.165, 1.54) is 24.8 Å². The highest BCUT2D eigenvalue weighted by atomic mass is 16.5. The van der Waals surface area contributed by atoms with E-state index in [1.807, 2.05) is 6.07 Å². The van der Waals surface area contributed by atoms with Crippen LogP contribution in [0.25, 0.3) is 0 Å². The number of carbonyl (C=O) groups excluding carboxylic acids is 1. The molecule has 2 heterocycles. The summed E-state index contributed by atoms with van der Waals surface area (Å²) in [5.41, 5.74) is 2.41. The summed E-state index contributed by atoms with van der Waals surface area (Å²) in [7, 11) is 0. The van der Waals surface area contributed by atoms with Gasteiger partial charge in [0, 0.05) is 26.3 Å². The van der Waals surface area contributed by atoms with Gasteiger partial charge in [-0.2, -0.15) is 0 Å². The Kier molecular flexibility index (Phi) is 6.84. The number of rotatable bonds is 6. The number of hydrogen-bond donors (Lipinski definition) is 2. The maximum Gasteiger partial charge on any atom is 0.249 e. The van der Waals surface area contributed by atoms with Gasteiger partial charge in [0.1, 0.15) is 6.10 Å². The molecule has 2 saturated heterocycles. The van der Waals surface area contributed by atoms with Crippen molar-refractivity contribution < 1.29 is 14.6 Å². The lowest BCUT2D eigenvalue weighted by Gasteiger charge is -2.28. The minimum Gasteiger partial charge on any atom is -0.383 e. The number of hydrogen-bond acceptors (Lipinski definition) is 4. The van der Waals surface area contributed by atoms with Crippen molar-refractivity contribution in [1.29, 1.82) is 0 Å². The van der Waals surface area contributed by atoms with Gasteiger partial charge in [-0.25, -0.2) is 0 Å². The van der Waals surface area contributed by atoms with Gasteiger partial charge in [0.15, 0.2) is 0 Å². The van der Waals surface area contributed by atoms with E-state index in [0.717, 1.165) is 38.0 Å². The summed E-state index contributed by atoms with van der Waals surface area (Å²) in [5, 5.41) is 13.2. The van der Waals surface area contributed by atoms with E-state index in [1.54, 1.807) is 0 Å². The van der Waals surface area contributed by atoms with Gasteiger partial charge < -0.3 is 15.2 Å². The SMILES string of the molecule is O=C(NCc1ccccc1CN1CCCCC1)[C@H](O)C1CCOCC1. The second kappa shape index (κ2) is 9.32. The van der Waals surface area contributed by atoms with E-state index < -0.39 is 6.10 Å². The third-order valence-corrected chi connectivity index (χ3v) is 5.40. The van der Waals surface area contributed by atoms with E-state index >= 15 is 0 Å². The molecule has 0 bridgehead atoms. The molecule has 1 aromatic rings. The molecule has 0 saturated carbocycles. The number of aliphatic hydroxyl groups is 1. The number of aliphatic hydroxyl groups excluding tert-OH is 1. The summed E-state index contributed by atoms with van der Waals surface area (Å²) >= 11 is 0. The Balaban J connectivity index is 1.54. The number of nitrogens with one attached hydrogen (secondary N) is 1. The number of nitrogens with zero attached hydrogens (tertiary/aromatic N) is 1. The van der Waals surface area contributed by atoms with Crippen LogP contribution >= 0.6 is 0 Å². The van der Waals surface area contributed by atoms with Gasteiger partial charge in [-0.05, 0) is 55.8 Å². The Bertz CT molecular complexity index is 552. The number of piperidine rings is 1. The average molecular weight is 346 g/mol. The molecule has 0 unspecified atom stereocenters. The first-order valence-electron chi connectivity index (χ1n) is 9.56. The maximum absolute atomic E-state index is 12.3. The number of amides is 1. The molecular weight excluding hydrogens is 316 g/mol. The van der Waals surface area contributed by atoms with Crippen molar-refractivity contribution in [2.75, 3.05) is 26.3 Å². The maximum atomic E-state index is 12.3. The van der Waals surface area contributed by atoms with Crippen LogP contribution in [0.15, 0.2) is 24.3 Å². The summed E-state index contributed by atoms with van der Waals surface area (Å²) in [4.78, 5) is 14.8. The van der Waals surface area contributed by atoms with E-state index in [9.17, 15) is 9.90 Å². The molecule has 1 aromatic carbocycles. The van der Waals surface area contributed by atoms with E-state index in [0.29, 0.717) is 19.8 Å². The Morgan fingerprint density at radius 2 is 1.84 bits per heavy atom. The van der Waals surface area contributed by atoms with E-state index in [4.69, 9.17) is 4.74 Å². The largest absolute Gasteiger partial charge is 0.383 e. The Hall–Kier alpha value is -1.43. The fraction of sp³-hybridized carbons (Fsp3) is 0.650. The van der Waals surface area contributed by atoms with Crippen LogP contribution in [0, 0.1) is 5.92 Å². The lowest BCUT2D eigenvalue weighted by molar-refractivity contribution is -0.134. The van der Waals surface area contributed by atoms with Gasteiger partial charge in [-0.15, -0.1) is 0 Å². The standard InChI is InChI=1S/C20H30N2O3/c23-19(16-8-12-25-13-9-16)20(24)21-14-17-6-2-3-7-18(17)15-22-10-4-1-5-11-22/h2-3,6-7,16,19,23H,1,4-5,8-15H2,(H,21,24)/t19-/m1/s1. The molecule has 5 heteroatoms. The van der Waals surface area contributed by atoms with Crippen LogP contribution in [0.3, 0.4) is 0 Å². The topological polar surface area (TPSA) is 61.8 Å².